The van der Waals surface area contributed by atoms with E-state index >= 15 is 0 Å². The van der Waals surface area contributed by atoms with E-state index in [4.69, 9.17) is 8.83 Å². The van der Waals surface area contributed by atoms with E-state index < -0.39 is 0 Å². The van der Waals surface area contributed by atoms with Gasteiger partial charge in [-0.15, -0.1) is 0 Å². The van der Waals surface area contributed by atoms with Gasteiger partial charge in [0.1, 0.15) is 22.3 Å². The summed E-state index contributed by atoms with van der Waals surface area (Å²) in [5.41, 5.74) is 8.20. The highest BCUT2D eigenvalue weighted by molar-refractivity contribution is 6.28. The van der Waals surface area contributed by atoms with Crippen molar-refractivity contribution in [3.8, 4) is 22.3 Å². The molecule has 2 heteroatoms. The largest absolute Gasteiger partial charge is 0.456 e. The Hall–Kier alpha value is -6.12. The lowest BCUT2D eigenvalue weighted by Gasteiger charge is -2.15. The summed E-state index contributed by atoms with van der Waals surface area (Å²) < 4.78 is 13.2. The van der Waals surface area contributed by atoms with Gasteiger partial charge in [-0.05, 0) is 84.7 Å². The Bertz CT molecular complexity index is 3010. The molecule has 0 saturated carbocycles. The van der Waals surface area contributed by atoms with E-state index in [9.17, 15) is 0 Å². The second-order valence-corrected chi connectivity index (χ2v) is 12.4. The van der Waals surface area contributed by atoms with Crippen LogP contribution in [0.5, 0.6) is 0 Å². The zero-order chi connectivity index (χ0) is 29.9. The number of rotatable bonds is 2. The summed E-state index contributed by atoms with van der Waals surface area (Å²) >= 11 is 0. The maximum Gasteiger partial charge on any atom is 0.143 e. The zero-order valence-electron chi connectivity index (χ0n) is 24.7. The maximum atomic E-state index is 7.00. The molecule has 2 heterocycles. The van der Waals surface area contributed by atoms with Gasteiger partial charge in [-0.2, -0.15) is 0 Å². The van der Waals surface area contributed by atoms with Gasteiger partial charge < -0.3 is 8.83 Å². The summed E-state index contributed by atoms with van der Waals surface area (Å²) in [5, 5.41) is 14.5. The van der Waals surface area contributed by atoms with E-state index in [-0.39, 0.29) is 0 Å². The van der Waals surface area contributed by atoms with Crippen LogP contribution in [0.3, 0.4) is 0 Å². The van der Waals surface area contributed by atoms with E-state index in [1.54, 1.807) is 0 Å². The van der Waals surface area contributed by atoms with Gasteiger partial charge in [0.25, 0.3) is 0 Å². The van der Waals surface area contributed by atoms with Gasteiger partial charge in [0.2, 0.25) is 0 Å². The van der Waals surface area contributed by atoms with Gasteiger partial charge in [0.05, 0.1) is 0 Å². The van der Waals surface area contributed by atoms with Crippen molar-refractivity contribution in [1.82, 2.24) is 0 Å². The average molecular weight is 585 g/mol. The first-order valence-electron chi connectivity index (χ1n) is 15.8. The van der Waals surface area contributed by atoms with E-state index in [2.05, 4.69) is 133 Å². The lowest BCUT2D eigenvalue weighted by molar-refractivity contribution is 0.668. The van der Waals surface area contributed by atoms with Crippen LogP contribution in [0.4, 0.5) is 0 Å². The highest BCUT2D eigenvalue weighted by Crippen LogP contribution is 2.47. The summed E-state index contributed by atoms with van der Waals surface area (Å²) in [6.45, 7) is 0. The molecule has 2 aromatic heterocycles. The molecular formula is C44H24O2. The SMILES string of the molecule is c1ccc2c(c1)ccc1c2oc2c(-c3ccc4oc5ccccc5c4c3)ccc(-c3ccc4ccc5cccc6ccc3c4c56)c21. The highest BCUT2D eigenvalue weighted by atomic mass is 16.3. The number of para-hydroxylation sites is 1. The van der Waals surface area contributed by atoms with Gasteiger partial charge in [0, 0.05) is 32.5 Å². The summed E-state index contributed by atoms with van der Waals surface area (Å²) in [4.78, 5) is 0. The second kappa shape index (κ2) is 8.74. The van der Waals surface area contributed by atoms with Crippen molar-refractivity contribution in [1.29, 1.82) is 0 Å². The molecule has 9 aromatic carbocycles. The molecule has 0 aliphatic heterocycles. The first-order chi connectivity index (χ1) is 22.8. The summed E-state index contributed by atoms with van der Waals surface area (Å²) in [6.07, 6.45) is 0. The van der Waals surface area contributed by atoms with E-state index in [1.807, 2.05) is 12.1 Å². The Kier molecular flexibility index (Phi) is 4.61. The molecule has 0 unspecified atom stereocenters. The minimum Gasteiger partial charge on any atom is -0.456 e. The molecule has 11 aromatic rings. The molecule has 2 nitrogen and oxygen atoms in total. The molecule has 46 heavy (non-hydrogen) atoms. The minimum absolute atomic E-state index is 0.891. The highest BCUT2D eigenvalue weighted by Gasteiger charge is 2.21. The van der Waals surface area contributed by atoms with Gasteiger partial charge >= 0.3 is 0 Å². The molecule has 0 bridgehead atoms. The summed E-state index contributed by atoms with van der Waals surface area (Å²) in [6, 6.07) is 52.4. The first-order valence-corrected chi connectivity index (χ1v) is 15.8. The molecule has 11 rings (SSSR count). The van der Waals surface area contributed by atoms with E-state index in [1.165, 1.54) is 48.8 Å². The lowest BCUT2D eigenvalue weighted by Crippen LogP contribution is -1.89. The van der Waals surface area contributed by atoms with Crippen LogP contribution in [-0.2, 0) is 0 Å². The van der Waals surface area contributed by atoms with Gasteiger partial charge in [-0.3, -0.25) is 0 Å². The molecule has 0 saturated heterocycles. The summed E-state index contributed by atoms with van der Waals surface area (Å²) in [7, 11) is 0. The van der Waals surface area contributed by atoms with Crippen molar-refractivity contribution in [2.24, 2.45) is 0 Å². The Morgan fingerprint density at radius 2 is 0.957 bits per heavy atom. The molecule has 0 atom stereocenters. The molecule has 0 amide bonds. The monoisotopic (exact) mass is 584 g/mol. The van der Waals surface area contributed by atoms with Crippen molar-refractivity contribution >= 4 is 87.0 Å². The Labute approximate surface area is 263 Å². The summed E-state index contributed by atoms with van der Waals surface area (Å²) in [5.74, 6) is 0. The van der Waals surface area contributed by atoms with Gasteiger partial charge in [-0.1, -0.05) is 115 Å². The van der Waals surface area contributed by atoms with Crippen LogP contribution >= 0.6 is 0 Å². The van der Waals surface area contributed by atoms with Gasteiger partial charge in [-0.25, -0.2) is 0 Å². The van der Waals surface area contributed by atoms with Crippen LogP contribution < -0.4 is 0 Å². The first kappa shape index (κ1) is 24.2. The van der Waals surface area contributed by atoms with Crippen LogP contribution in [-0.4, -0.2) is 0 Å². The number of hydrogen-bond donors (Lipinski definition) is 0. The van der Waals surface area contributed by atoms with E-state index in [0.29, 0.717) is 0 Å². The third-order valence-electron chi connectivity index (χ3n) is 10.0. The Morgan fingerprint density at radius 1 is 0.304 bits per heavy atom. The van der Waals surface area contributed by atoms with Crippen molar-refractivity contribution in [3.63, 3.8) is 0 Å². The molecule has 212 valence electrons. The molecule has 0 spiro atoms. The van der Waals surface area contributed by atoms with Crippen molar-refractivity contribution in [2.45, 2.75) is 0 Å². The standard InChI is InChI=1S/C44H24O2/c1-2-9-30-25(6-1)14-20-36-42-35(32-18-15-28-13-12-26-7-5-8-27-16-19-34(32)41(28)40(26)27)22-21-31(44(42)46-43(30)36)29-17-23-39-37(24-29)33-10-3-4-11-38(33)45-39/h1-24H. The third-order valence-corrected chi connectivity index (χ3v) is 10.0. The number of fused-ring (bicyclic) bond motifs is 8. The molecule has 0 N–H and O–H groups in total. The number of benzene rings is 9. The van der Waals surface area contributed by atoms with Crippen molar-refractivity contribution < 1.29 is 8.83 Å². The minimum atomic E-state index is 0.891. The van der Waals surface area contributed by atoms with Crippen LogP contribution in [0.15, 0.2) is 154 Å². The fourth-order valence-corrected chi connectivity index (χ4v) is 7.92. The number of hydrogen-bond acceptors (Lipinski definition) is 2. The normalized spacial score (nSPS) is 12.3. The number of furan rings is 2. The third kappa shape index (κ3) is 3.15. The Balaban J connectivity index is 1.26. The predicted octanol–water partition coefficient (Wildman–Crippen LogP) is 12.9. The van der Waals surface area contributed by atoms with Crippen molar-refractivity contribution in [2.75, 3.05) is 0 Å². The quantitative estimate of drug-likeness (QED) is 0.189. The van der Waals surface area contributed by atoms with Crippen LogP contribution in [0.1, 0.15) is 0 Å². The fourth-order valence-electron chi connectivity index (χ4n) is 7.92. The van der Waals surface area contributed by atoms with Gasteiger partial charge in [0.15, 0.2) is 0 Å². The fraction of sp³-hybridized carbons (Fsp3) is 0. The smallest absolute Gasteiger partial charge is 0.143 e. The predicted molar refractivity (Wildman–Crippen MR) is 193 cm³/mol. The van der Waals surface area contributed by atoms with E-state index in [0.717, 1.165) is 60.4 Å². The molecule has 0 aliphatic carbocycles. The maximum absolute atomic E-state index is 7.00. The molecule has 0 radical (unpaired) electrons. The van der Waals surface area contributed by atoms with Crippen LogP contribution in [0, 0.1) is 0 Å². The molecule has 0 fully saturated rings. The molecule has 0 aliphatic rings. The Morgan fingerprint density at radius 3 is 1.87 bits per heavy atom. The zero-order valence-corrected chi connectivity index (χ0v) is 24.7. The topological polar surface area (TPSA) is 26.3 Å². The lowest BCUT2D eigenvalue weighted by atomic mass is 9.87. The van der Waals surface area contributed by atoms with Crippen molar-refractivity contribution in [3.05, 3.63) is 146 Å². The molecular weight excluding hydrogens is 560 g/mol. The van der Waals surface area contributed by atoms with Crippen LogP contribution in [0.2, 0.25) is 0 Å². The average Bonchev–Trinajstić information content (AvgIpc) is 3.69. The second-order valence-electron chi connectivity index (χ2n) is 12.4. The van der Waals surface area contributed by atoms with Crippen LogP contribution in [0.25, 0.3) is 109 Å².